The first-order valence-corrected chi connectivity index (χ1v) is 9.22. The number of rotatable bonds is 6. The normalized spacial score (nSPS) is 27.0. The fourth-order valence-electron chi connectivity index (χ4n) is 3.04. The molecule has 0 spiro atoms. The van der Waals surface area contributed by atoms with Crippen LogP contribution in [0.25, 0.3) is 11.2 Å². The van der Waals surface area contributed by atoms with Crippen LogP contribution in [0.3, 0.4) is 0 Å². The molecule has 3 rings (SSSR count). The molecule has 0 aromatic carbocycles. The molecule has 25 heavy (non-hydrogen) atoms. The summed E-state index contributed by atoms with van der Waals surface area (Å²) in [7, 11) is -0.569. The molecule has 0 aliphatic carbocycles. The van der Waals surface area contributed by atoms with E-state index in [1.54, 1.807) is 10.6 Å². The van der Waals surface area contributed by atoms with Gasteiger partial charge in [-0.2, -0.15) is 0 Å². The number of imidazole rings is 1. The zero-order valence-electron chi connectivity index (χ0n) is 13.9. The zero-order chi connectivity index (χ0) is 18.2. The average molecular weight is 368 g/mol. The summed E-state index contributed by atoms with van der Waals surface area (Å²) in [5.74, 6) is -0.277. The zero-order valence-corrected chi connectivity index (χ0v) is 14.7. The van der Waals surface area contributed by atoms with Gasteiger partial charge in [0.25, 0.3) is 0 Å². The van der Waals surface area contributed by atoms with Gasteiger partial charge >= 0.3 is 0 Å². The van der Waals surface area contributed by atoms with Gasteiger partial charge in [0.05, 0.1) is 18.2 Å². The third-order valence-corrected chi connectivity index (χ3v) is 5.69. The molecule has 3 heterocycles. The molecule has 2 aromatic heterocycles. The minimum Gasteiger partial charge on any atom is -0.382 e. The van der Waals surface area contributed by atoms with E-state index < -0.39 is 28.5 Å². The van der Waals surface area contributed by atoms with Crippen molar-refractivity contribution in [2.24, 2.45) is 5.92 Å². The SMILES string of the molecule is C=C[C@H]1[C@@H](OC)[C@H](n2cnc3c(N)ncnc32)O[C@@H]1CS(=O)(=O)NC. The van der Waals surface area contributed by atoms with Crippen LogP contribution in [0.1, 0.15) is 6.23 Å². The van der Waals surface area contributed by atoms with Crippen LogP contribution in [-0.4, -0.2) is 60.1 Å². The Balaban J connectivity index is 2.00. The summed E-state index contributed by atoms with van der Waals surface area (Å²) in [6, 6.07) is 0. The van der Waals surface area contributed by atoms with Gasteiger partial charge in [-0.25, -0.2) is 28.1 Å². The number of hydrogen-bond acceptors (Lipinski definition) is 8. The van der Waals surface area contributed by atoms with Crippen molar-refractivity contribution in [3.8, 4) is 0 Å². The summed E-state index contributed by atoms with van der Waals surface area (Å²) < 4.78 is 39.4. The number of nitrogens with two attached hydrogens (primary N) is 1. The molecule has 1 aliphatic heterocycles. The van der Waals surface area contributed by atoms with Gasteiger partial charge in [-0.15, -0.1) is 6.58 Å². The molecule has 0 radical (unpaired) electrons. The number of sulfonamides is 1. The van der Waals surface area contributed by atoms with Crippen molar-refractivity contribution < 1.29 is 17.9 Å². The lowest BCUT2D eigenvalue weighted by atomic mass is 9.99. The van der Waals surface area contributed by atoms with Crippen LogP contribution in [0.15, 0.2) is 25.3 Å². The van der Waals surface area contributed by atoms with E-state index in [0.29, 0.717) is 11.2 Å². The molecular formula is C14H20N6O4S. The van der Waals surface area contributed by atoms with Crippen molar-refractivity contribution in [2.45, 2.75) is 18.4 Å². The lowest BCUT2D eigenvalue weighted by molar-refractivity contribution is -0.0435. The highest BCUT2D eigenvalue weighted by Crippen LogP contribution is 2.38. The van der Waals surface area contributed by atoms with E-state index in [-0.39, 0.29) is 17.5 Å². The first-order valence-electron chi connectivity index (χ1n) is 7.57. The van der Waals surface area contributed by atoms with Crippen LogP contribution >= 0.6 is 0 Å². The number of hydrogen-bond donors (Lipinski definition) is 2. The van der Waals surface area contributed by atoms with E-state index in [0.717, 1.165) is 0 Å². The molecular weight excluding hydrogens is 348 g/mol. The molecule has 3 N–H and O–H groups in total. The summed E-state index contributed by atoms with van der Waals surface area (Å²) in [4.78, 5) is 12.3. The van der Waals surface area contributed by atoms with Crippen LogP contribution in [0.5, 0.6) is 0 Å². The minimum absolute atomic E-state index is 0.208. The number of nitrogens with zero attached hydrogens (tertiary/aromatic N) is 4. The number of nitrogens with one attached hydrogen (secondary N) is 1. The van der Waals surface area contributed by atoms with Gasteiger partial charge < -0.3 is 15.2 Å². The molecule has 1 aliphatic rings. The van der Waals surface area contributed by atoms with Gasteiger partial charge in [0.1, 0.15) is 17.9 Å². The molecule has 0 bridgehead atoms. The van der Waals surface area contributed by atoms with Crippen LogP contribution in [0.2, 0.25) is 0 Å². The van der Waals surface area contributed by atoms with E-state index in [9.17, 15) is 8.42 Å². The van der Waals surface area contributed by atoms with E-state index in [1.807, 2.05) is 0 Å². The number of anilines is 1. The molecule has 0 saturated carbocycles. The lowest BCUT2D eigenvalue weighted by Gasteiger charge is -2.21. The monoisotopic (exact) mass is 368 g/mol. The Bertz CT molecular complexity index is 883. The summed E-state index contributed by atoms with van der Waals surface area (Å²) in [6.07, 6.45) is 2.81. The highest BCUT2D eigenvalue weighted by Gasteiger charge is 2.46. The van der Waals surface area contributed by atoms with Gasteiger partial charge in [-0.05, 0) is 7.05 Å². The third kappa shape index (κ3) is 3.11. The summed E-state index contributed by atoms with van der Waals surface area (Å²) in [6.45, 7) is 3.79. The van der Waals surface area contributed by atoms with Gasteiger partial charge in [0, 0.05) is 13.0 Å². The highest BCUT2D eigenvalue weighted by atomic mass is 32.2. The number of ether oxygens (including phenoxy) is 2. The molecule has 10 nitrogen and oxygen atoms in total. The number of nitrogen functional groups attached to an aromatic ring is 1. The molecule has 1 fully saturated rings. The Morgan fingerprint density at radius 1 is 1.48 bits per heavy atom. The maximum absolute atomic E-state index is 11.9. The maximum atomic E-state index is 11.9. The minimum atomic E-state index is -3.47. The van der Waals surface area contributed by atoms with E-state index >= 15 is 0 Å². The first kappa shape index (κ1) is 17.7. The smallest absolute Gasteiger partial charge is 0.213 e. The van der Waals surface area contributed by atoms with Crippen molar-refractivity contribution in [3.63, 3.8) is 0 Å². The molecule has 4 atom stereocenters. The van der Waals surface area contributed by atoms with Crippen LogP contribution in [-0.2, 0) is 19.5 Å². The molecule has 1 saturated heterocycles. The van der Waals surface area contributed by atoms with Crippen LogP contribution in [0, 0.1) is 5.92 Å². The fourth-order valence-corrected chi connectivity index (χ4v) is 3.94. The third-order valence-electron chi connectivity index (χ3n) is 4.30. The predicted molar refractivity (Wildman–Crippen MR) is 91.0 cm³/mol. The lowest BCUT2D eigenvalue weighted by Crippen LogP contribution is -2.34. The Labute approximate surface area is 145 Å². The summed E-state index contributed by atoms with van der Waals surface area (Å²) in [5, 5.41) is 0. The highest BCUT2D eigenvalue weighted by molar-refractivity contribution is 7.89. The van der Waals surface area contributed by atoms with Crippen molar-refractivity contribution in [1.82, 2.24) is 24.2 Å². The maximum Gasteiger partial charge on any atom is 0.213 e. The molecule has 136 valence electrons. The Morgan fingerprint density at radius 2 is 2.24 bits per heavy atom. The second kappa shape index (κ2) is 6.67. The van der Waals surface area contributed by atoms with E-state index in [4.69, 9.17) is 15.2 Å². The van der Waals surface area contributed by atoms with Crippen LogP contribution < -0.4 is 10.5 Å². The average Bonchev–Trinajstić information content (AvgIpc) is 3.15. The van der Waals surface area contributed by atoms with E-state index in [1.165, 1.54) is 26.8 Å². The topological polar surface area (TPSA) is 134 Å². The van der Waals surface area contributed by atoms with Gasteiger partial charge in [-0.1, -0.05) is 6.08 Å². The second-order valence-electron chi connectivity index (χ2n) is 5.65. The molecule has 2 aromatic rings. The fraction of sp³-hybridized carbons (Fsp3) is 0.500. The predicted octanol–water partition coefficient (Wildman–Crippen LogP) is -0.328. The van der Waals surface area contributed by atoms with E-state index in [2.05, 4.69) is 26.3 Å². The number of fused-ring (bicyclic) bond motifs is 1. The summed E-state index contributed by atoms with van der Waals surface area (Å²) in [5.41, 5.74) is 6.75. The van der Waals surface area contributed by atoms with Crippen molar-refractivity contribution in [2.75, 3.05) is 25.6 Å². The molecule has 0 unspecified atom stereocenters. The van der Waals surface area contributed by atoms with Crippen molar-refractivity contribution >= 4 is 27.0 Å². The van der Waals surface area contributed by atoms with Crippen LogP contribution in [0.4, 0.5) is 5.82 Å². The molecule has 0 amide bonds. The quantitative estimate of drug-likeness (QED) is 0.662. The number of methoxy groups -OCH3 is 1. The van der Waals surface area contributed by atoms with Gasteiger partial charge in [0.2, 0.25) is 10.0 Å². The Kier molecular flexibility index (Phi) is 4.73. The summed E-state index contributed by atoms with van der Waals surface area (Å²) >= 11 is 0. The standard InChI is InChI=1S/C14H20N6O4S/c1-4-8-9(5-25(21,22)16-2)24-14(11(8)23-3)20-7-19-10-12(15)17-6-18-13(10)20/h4,6-9,11,14,16H,1,5H2,2-3H3,(H2,15,17,18)/t8-,9-,11-,14-/m1/s1. The Hall–Kier alpha value is -2.08. The molecule has 11 heteroatoms. The first-order chi connectivity index (χ1) is 11.9. The van der Waals surface area contributed by atoms with Gasteiger partial charge in [0.15, 0.2) is 17.7 Å². The Morgan fingerprint density at radius 3 is 2.88 bits per heavy atom. The van der Waals surface area contributed by atoms with Gasteiger partial charge in [-0.3, -0.25) is 4.57 Å². The number of aromatic nitrogens is 4. The van der Waals surface area contributed by atoms with Crippen molar-refractivity contribution in [1.29, 1.82) is 0 Å². The second-order valence-corrected chi connectivity index (χ2v) is 7.62. The largest absolute Gasteiger partial charge is 0.382 e. The van der Waals surface area contributed by atoms with Crippen molar-refractivity contribution in [3.05, 3.63) is 25.3 Å².